The lowest BCUT2D eigenvalue weighted by Crippen LogP contribution is -2.41. The van der Waals surface area contributed by atoms with Crippen molar-refractivity contribution < 1.29 is 32.6 Å². The second-order valence-electron chi connectivity index (χ2n) is 9.74. The minimum Gasteiger partial charge on any atom is -0.390 e. The van der Waals surface area contributed by atoms with Crippen molar-refractivity contribution >= 4 is 44.8 Å². The molecule has 202 valence electrons. The van der Waals surface area contributed by atoms with Crippen LogP contribution in [0, 0.1) is 0 Å². The van der Waals surface area contributed by atoms with Crippen LogP contribution in [-0.2, 0) is 27.0 Å². The molecule has 2 amide bonds. The van der Waals surface area contributed by atoms with Gasteiger partial charge in [0, 0.05) is 71.5 Å². The van der Waals surface area contributed by atoms with Crippen molar-refractivity contribution in [2.45, 2.75) is 18.8 Å². The van der Waals surface area contributed by atoms with E-state index >= 15 is 0 Å². The number of amides is 2. The summed E-state index contributed by atoms with van der Waals surface area (Å²) in [7, 11) is 0. The highest BCUT2D eigenvalue weighted by molar-refractivity contribution is 6.50. The number of hydrogen-bond acceptors (Lipinski definition) is 5. The van der Waals surface area contributed by atoms with E-state index in [0.717, 1.165) is 11.6 Å². The fraction of sp³-hybridized carbons (Fsp3) is 0.286. The summed E-state index contributed by atoms with van der Waals surface area (Å²) >= 11 is 0. The SMILES string of the molecule is O=C1NC(=O)C(c2cn(CC(O)CN3CCOCC3)c3cccc(C(F)(F)F)c23)=C1c1c[nH]c2ccccc12. The number of H-pyrrole nitrogens is 1. The molecule has 0 radical (unpaired) electrons. The Bertz CT molecular complexity index is 1630. The Hall–Kier alpha value is -3.93. The summed E-state index contributed by atoms with van der Waals surface area (Å²) in [6, 6.07) is 10.9. The molecule has 2 aliphatic rings. The van der Waals surface area contributed by atoms with Crippen molar-refractivity contribution in [3.63, 3.8) is 0 Å². The lowest BCUT2D eigenvalue weighted by atomic mass is 9.94. The normalized spacial score (nSPS) is 17.9. The van der Waals surface area contributed by atoms with Gasteiger partial charge in [-0.3, -0.25) is 19.8 Å². The van der Waals surface area contributed by atoms with Gasteiger partial charge < -0.3 is 19.4 Å². The number of carbonyl (C=O) groups is 2. The number of β-amino-alcohol motifs (C(OH)–C–C–N with tert-alkyl or cyclic N) is 1. The summed E-state index contributed by atoms with van der Waals surface area (Å²) in [5.74, 6) is -1.46. The summed E-state index contributed by atoms with van der Waals surface area (Å²) in [6.45, 7) is 2.71. The molecule has 0 saturated carbocycles. The van der Waals surface area contributed by atoms with Gasteiger partial charge in [-0.1, -0.05) is 24.3 Å². The number of ether oxygens (including phenoxy) is 1. The van der Waals surface area contributed by atoms with Gasteiger partial charge in [-0.15, -0.1) is 0 Å². The Morgan fingerprint density at radius 1 is 0.949 bits per heavy atom. The maximum Gasteiger partial charge on any atom is 0.417 e. The highest BCUT2D eigenvalue weighted by Crippen LogP contribution is 2.43. The lowest BCUT2D eigenvalue weighted by Gasteiger charge is -2.28. The van der Waals surface area contributed by atoms with Crippen LogP contribution >= 0.6 is 0 Å². The average Bonchev–Trinajstić information content (AvgIpc) is 3.56. The molecule has 4 heterocycles. The van der Waals surface area contributed by atoms with Crippen LogP contribution in [0.4, 0.5) is 13.2 Å². The van der Waals surface area contributed by atoms with E-state index in [1.54, 1.807) is 24.4 Å². The predicted molar refractivity (Wildman–Crippen MR) is 138 cm³/mol. The monoisotopic (exact) mass is 538 g/mol. The molecular formula is C28H25F3N4O4. The van der Waals surface area contributed by atoms with Gasteiger partial charge in [0.2, 0.25) is 0 Å². The van der Waals surface area contributed by atoms with Crippen LogP contribution in [0.1, 0.15) is 16.7 Å². The molecule has 1 unspecified atom stereocenters. The molecule has 8 nitrogen and oxygen atoms in total. The second kappa shape index (κ2) is 9.67. The molecule has 2 aromatic heterocycles. The van der Waals surface area contributed by atoms with Crippen molar-refractivity contribution in [1.82, 2.24) is 19.8 Å². The number of aliphatic hydroxyl groups is 1. The Kier molecular flexibility index (Phi) is 6.29. The predicted octanol–water partition coefficient (Wildman–Crippen LogP) is 3.40. The third-order valence-corrected chi connectivity index (χ3v) is 7.25. The molecule has 0 bridgehead atoms. The summed E-state index contributed by atoms with van der Waals surface area (Å²) in [5, 5.41) is 13.6. The largest absolute Gasteiger partial charge is 0.417 e. The number of morpholine rings is 1. The van der Waals surface area contributed by atoms with Crippen LogP contribution in [0.5, 0.6) is 0 Å². The first-order valence-corrected chi connectivity index (χ1v) is 12.6. The van der Waals surface area contributed by atoms with Gasteiger partial charge >= 0.3 is 6.18 Å². The second-order valence-corrected chi connectivity index (χ2v) is 9.74. The first-order valence-electron chi connectivity index (χ1n) is 12.6. The van der Waals surface area contributed by atoms with Crippen molar-refractivity contribution in [2.24, 2.45) is 0 Å². The number of carbonyl (C=O) groups excluding carboxylic acids is 2. The third-order valence-electron chi connectivity index (χ3n) is 7.25. The Morgan fingerprint density at radius 3 is 2.41 bits per heavy atom. The average molecular weight is 539 g/mol. The van der Waals surface area contributed by atoms with Gasteiger partial charge in [0.25, 0.3) is 11.8 Å². The van der Waals surface area contributed by atoms with Crippen molar-refractivity contribution in [1.29, 1.82) is 0 Å². The number of benzene rings is 2. The number of imide groups is 1. The highest BCUT2D eigenvalue weighted by Gasteiger charge is 2.39. The number of para-hydroxylation sites is 1. The van der Waals surface area contributed by atoms with E-state index in [0.29, 0.717) is 43.8 Å². The van der Waals surface area contributed by atoms with Gasteiger partial charge in [-0.2, -0.15) is 13.2 Å². The summed E-state index contributed by atoms with van der Waals surface area (Å²) in [4.78, 5) is 31.3. The molecule has 1 atom stereocenters. The molecule has 1 saturated heterocycles. The molecule has 11 heteroatoms. The molecule has 3 N–H and O–H groups in total. The van der Waals surface area contributed by atoms with E-state index in [1.165, 1.54) is 22.9 Å². The summed E-state index contributed by atoms with van der Waals surface area (Å²) < 4.78 is 49.6. The smallest absolute Gasteiger partial charge is 0.390 e. The first-order chi connectivity index (χ1) is 18.7. The fourth-order valence-corrected chi connectivity index (χ4v) is 5.54. The van der Waals surface area contributed by atoms with Gasteiger partial charge in [0.05, 0.1) is 36.0 Å². The van der Waals surface area contributed by atoms with Gasteiger partial charge in [-0.25, -0.2) is 0 Å². The molecule has 1 fully saturated rings. The highest BCUT2D eigenvalue weighted by atomic mass is 19.4. The molecule has 2 aromatic carbocycles. The number of aromatic nitrogens is 2. The number of halogens is 3. The number of aliphatic hydroxyl groups excluding tert-OH is 1. The van der Waals surface area contributed by atoms with Crippen molar-refractivity contribution in [3.8, 4) is 0 Å². The number of rotatable bonds is 6. The van der Waals surface area contributed by atoms with Gasteiger partial charge in [-0.05, 0) is 18.2 Å². The van der Waals surface area contributed by atoms with Crippen LogP contribution in [0.15, 0.2) is 54.9 Å². The standard InChI is InChI=1S/C28H25F3N4O4/c29-28(30,31)20-5-3-7-22-23(20)19(15-35(22)14-16(36)13-34-8-10-39-11-9-34)25-24(26(37)33-27(25)38)18-12-32-21-6-2-1-4-17(18)21/h1-7,12,15-16,32,36H,8-11,13-14H2,(H,33,37,38). The minimum atomic E-state index is -4.71. The van der Waals surface area contributed by atoms with Crippen LogP contribution < -0.4 is 5.32 Å². The van der Waals surface area contributed by atoms with Crippen LogP contribution in [0.3, 0.4) is 0 Å². The summed E-state index contributed by atoms with van der Waals surface area (Å²) in [5.41, 5.74) is 0.279. The molecule has 0 aliphatic carbocycles. The molecule has 4 aromatic rings. The maximum atomic E-state index is 14.3. The Labute approximate surface area is 220 Å². The zero-order valence-corrected chi connectivity index (χ0v) is 20.7. The fourth-order valence-electron chi connectivity index (χ4n) is 5.54. The Balaban J connectivity index is 1.53. The van der Waals surface area contributed by atoms with E-state index in [2.05, 4.69) is 10.3 Å². The molecule has 6 rings (SSSR count). The van der Waals surface area contributed by atoms with E-state index in [9.17, 15) is 27.9 Å². The topological polar surface area (TPSA) is 99.6 Å². The van der Waals surface area contributed by atoms with Gasteiger partial charge in [0.1, 0.15) is 0 Å². The van der Waals surface area contributed by atoms with Crippen LogP contribution in [0.25, 0.3) is 33.0 Å². The number of nitrogens with one attached hydrogen (secondary N) is 2. The summed E-state index contributed by atoms with van der Waals surface area (Å²) in [6.07, 6.45) is -2.59. The van der Waals surface area contributed by atoms with Crippen molar-refractivity contribution in [2.75, 3.05) is 32.8 Å². The quantitative estimate of drug-likeness (QED) is 0.327. The lowest BCUT2D eigenvalue weighted by molar-refractivity contribution is -0.136. The van der Waals surface area contributed by atoms with E-state index in [-0.39, 0.29) is 34.2 Å². The molecular weight excluding hydrogens is 513 g/mol. The zero-order valence-electron chi connectivity index (χ0n) is 20.7. The van der Waals surface area contributed by atoms with E-state index in [4.69, 9.17) is 4.74 Å². The first kappa shape index (κ1) is 25.4. The maximum absolute atomic E-state index is 14.3. The number of nitrogens with zero attached hydrogens (tertiary/aromatic N) is 2. The number of hydrogen-bond donors (Lipinski definition) is 3. The third kappa shape index (κ3) is 4.52. The number of alkyl halides is 3. The Morgan fingerprint density at radius 2 is 1.67 bits per heavy atom. The molecule has 0 spiro atoms. The van der Waals surface area contributed by atoms with Crippen LogP contribution in [0.2, 0.25) is 0 Å². The molecule has 2 aliphatic heterocycles. The minimum absolute atomic E-state index is 0.000428. The van der Waals surface area contributed by atoms with Gasteiger partial charge in [0.15, 0.2) is 0 Å². The molecule has 39 heavy (non-hydrogen) atoms. The number of fused-ring (bicyclic) bond motifs is 2. The van der Waals surface area contributed by atoms with Crippen molar-refractivity contribution in [3.05, 3.63) is 71.5 Å². The van der Waals surface area contributed by atoms with E-state index < -0.39 is 29.7 Å². The van der Waals surface area contributed by atoms with E-state index in [1.807, 2.05) is 11.0 Å². The van der Waals surface area contributed by atoms with Crippen LogP contribution in [-0.4, -0.2) is 70.3 Å². The number of aromatic amines is 1. The zero-order chi connectivity index (χ0) is 27.3.